The number of hydrogen-bond acceptors (Lipinski definition) is 3. The first-order valence-electron chi connectivity index (χ1n) is 3.98. The molecular formula is C9H9NO2. The van der Waals surface area contributed by atoms with E-state index >= 15 is 0 Å². The molecule has 1 aromatic rings. The molecular weight excluding hydrogens is 154 g/mol. The second-order valence-corrected chi connectivity index (χ2v) is 2.77. The second kappa shape index (κ2) is 2.93. The highest BCUT2D eigenvalue weighted by molar-refractivity contribution is 5.72. The van der Waals surface area contributed by atoms with E-state index in [0.717, 1.165) is 24.7 Å². The van der Waals surface area contributed by atoms with Crippen molar-refractivity contribution < 1.29 is 9.53 Å². The van der Waals surface area contributed by atoms with E-state index in [1.54, 1.807) is 6.07 Å². The first kappa shape index (κ1) is 7.28. The van der Waals surface area contributed by atoms with Crippen LogP contribution in [-0.4, -0.2) is 17.9 Å². The molecule has 0 spiro atoms. The van der Waals surface area contributed by atoms with E-state index in [1.165, 1.54) is 0 Å². The lowest BCUT2D eigenvalue weighted by Crippen LogP contribution is -2.10. The van der Waals surface area contributed by atoms with Crippen molar-refractivity contribution in [3.8, 4) is 5.88 Å². The largest absolute Gasteiger partial charge is 0.477 e. The van der Waals surface area contributed by atoms with E-state index in [0.29, 0.717) is 18.2 Å². The summed E-state index contributed by atoms with van der Waals surface area (Å²) in [5.41, 5.74) is 1.54. The predicted molar refractivity (Wildman–Crippen MR) is 43.4 cm³/mol. The molecule has 0 aliphatic carbocycles. The van der Waals surface area contributed by atoms with Gasteiger partial charge in [-0.15, -0.1) is 0 Å². The quantitative estimate of drug-likeness (QED) is 0.584. The maximum atomic E-state index is 10.4. The molecule has 1 aromatic heterocycles. The van der Waals surface area contributed by atoms with E-state index in [4.69, 9.17) is 4.74 Å². The number of ether oxygens (including phenoxy) is 1. The maximum absolute atomic E-state index is 10.4. The Morgan fingerprint density at radius 1 is 1.50 bits per heavy atom. The van der Waals surface area contributed by atoms with Gasteiger partial charge in [0.05, 0.1) is 6.61 Å². The zero-order valence-corrected chi connectivity index (χ0v) is 6.62. The van der Waals surface area contributed by atoms with Crippen LogP contribution in [0.1, 0.15) is 22.5 Å². The Kier molecular flexibility index (Phi) is 1.78. The van der Waals surface area contributed by atoms with Crippen molar-refractivity contribution in [1.29, 1.82) is 0 Å². The van der Waals surface area contributed by atoms with Gasteiger partial charge in [-0.1, -0.05) is 6.07 Å². The molecule has 3 nitrogen and oxygen atoms in total. The molecule has 0 atom stereocenters. The predicted octanol–water partition coefficient (Wildman–Crippen LogP) is 1.22. The number of hydrogen-bond donors (Lipinski definition) is 0. The van der Waals surface area contributed by atoms with Crippen LogP contribution in [0.4, 0.5) is 0 Å². The van der Waals surface area contributed by atoms with Crippen LogP contribution in [0.25, 0.3) is 0 Å². The van der Waals surface area contributed by atoms with Crippen LogP contribution >= 0.6 is 0 Å². The van der Waals surface area contributed by atoms with Gasteiger partial charge in [-0.3, -0.25) is 4.79 Å². The van der Waals surface area contributed by atoms with Crippen molar-refractivity contribution in [3.63, 3.8) is 0 Å². The van der Waals surface area contributed by atoms with Gasteiger partial charge in [0.15, 0.2) is 6.29 Å². The standard InChI is InChI=1S/C9H9NO2/c11-6-8-4-3-7-2-1-5-12-9(7)10-8/h3-4,6H,1-2,5H2. The molecule has 1 aliphatic rings. The molecule has 0 amide bonds. The third-order valence-corrected chi connectivity index (χ3v) is 1.91. The van der Waals surface area contributed by atoms with Crippen LogP contribution in [0, 0.1) is 0 Å². The Bertz CT molecular complexity index is 309. The third-order valence-electron chi connectivity index (χ3n) is 1.91. The molecule has 0 saturated carbocycles. The van der Waals surface area contributed by atoms with Crippen LogP contribution in [0.5, 0.6) is 5.88 Å². The normalized spacial score (nSPS) is 14.7. The number of carbonyl (C=O) groups excluding carboxylic acids is 1. The van der Waals surface area contributed by atoms with E-state index < -0.39 is 0 Å². The molecule has 0 N–H and O–H groups in total. The second-order valence-electron chi connectivity index (χ2n) is 2.77. The molecule has 0 aromatic carbocycles. The molecule has 0 saturated heterocycles. The van der Waals surface area contributed by atoms with E-state index in [9.17, 15) is 4.79 Å². The highest BCUT2D eigenvalue weighted by Gasteiger charge is 2.11. The number of nitrogens with zero attached hydrogens (tertiary/aromatic N) is 1. The molecule has 62 valence electrons. The average molecular weight is 163 g/mol. The lowest BCUT2D eigenvalue weighted by atomic mass is 10.1. The van der Waals surface area contributed by atoms with Crippen LogP contribution in [0.2, 0.25) is 0 Å². The van der Waals surface area contributed by atoms with Gasteiger partial charge in [0.1, 0.15) is 5.69 Å². The number of fused-ring (bicyclic) bond motifs is 1. The molecule has 0 radical (unpaired) electrons. The smallest absolute Gasteiger partial charge is 0.217 e. The van der Waals surface area contributed by atoms with Crippen molar-refractivity contribution in [1.82, 2.24) is 4.98 Å². The topological polar surface area (TPSA) is 39.2 Å². The number of carbonyl (C=O) groups is 1. The summed E-state index contributed by atoms with van der Waals surface area (Å²) in [4.78, 5) is 14.4. The summed E-state index contributed by atoms with van der Waals surface area (Å²) < 4.78 is 5.30. The Morgan fingerprint density at radius 3 is 3.25 bits per heavy atom. The summed E-state index contributed by atoms with van der Waals surface area (Å²) >= 11 is 0. The summed E-state index contributed by atoms with van der Waals surface area (Å²) in [6.45, 7) is 0.711. The molecule has 1 aliphatic heterocycles. The van der Waals surface area contributed by atoms with Crippen molar-refractivity contribution in [2.24, 2.45) is 0 Å². The summed E-state index contributed by atoms with van der Waals surface area (Å²) in [7, 11) is 0. The lowest BCUT2D eigenvalue weighted by Gasteiger charge is -2.15. The lowest BCUT2D eigenvalue weighted by molar-refractivity contribution is 0.111. The molecule has 2 rings (SSSR count). The summed E-state index contributed by atoms with van der Waals surface area (Å²) in [5.74, 6) is 0.630. The molecule has 0 unspecified atom stereocenters. The summed E-state index contributed by atoms with van der Waals surface area (Å²) in [6, 6.07) is 3.63. The van der Waals surface area contributed by atoms with Gasteiger partial charge >= 0.3 is 0 Å². The fourth-order valence-electron chi connectivity index (χ4n) is 1.30. The highest BCUT2D eigenvalue weighted by Crippen LogP contribution is 2.21. The van der Waals surface area contributed by atoms with Gasteiger partial charge in [-0.2, -0.15) is 0 Å². The van der Waals surface area contributed by atoms with Gasteiger partial charge < -0.3 is 4.74 Å². The monoisotopic (exact) mass is 163 g/mol. The van der Waals surface area contributed by atoms with Gasteiger partial charge in [-0.25, -0.2) is 4.98 Å². The minimum Gasteiger partial charge on any atom is -0.477 e. The summed E-state index contributed by atoms with van der Waals surface area (Å²) in [5, 5.41) is 0. The Morgan fingerprint density at radius 2 is 2.42 bits per heavy atom. The highest BCUT2D eigenvalue weighted by atomic mass is 16.5. The van der Waals surface area contributed by atoms with Gasteiger partial charge in [-0.05, 0) is 18.9 Å². The van der Waals surface area contributed by atoms with Crippen molar-refractivity contribution in [3.05, 3.63) is 23.4 Å². The van der Waals surface area contributed by atoms with Gasteiger partial charge in [0.2, 0.25) is 5.88 Å². The number of pyridine rings is 1. The Labute approximate surface area is 70.4 Å². The van der Waals surface area contributed by atoms with Crippen LogP contribution in [0.3, 0.4) is 0 Å². The molecule has 0 bridgehead atoms. The molecule has 12 heavy (non-hydrogen) atoms. The minimum atomic E-state index is 0.440. The fourth-order valence-corrected chi connectivity index (χ4v) is 1.30. The molecule has 2 heterocycles. The zero-order valence-electron chi connectivity index (χ0n) is 6.62. The average Bonchev–Trinajstić information content (AvgIpc) is 2.17. The van der Waals surface area contributed by atoms with Crippen molar-refractivity contribution >= 4 is 6.29 Å². The van der Waals surface area contributed by atoms with Crippen LogP contribution in [-0.2, 0) is 6.42 Å². The van der Waals surface area contributed by atoms with Crippen LogP contribution in [0.15, 0.2) is 12.1 Å². The van der Waals surface area contributed by atoms with E-state index in [-0.39, 0.29) is 0 Å². The van der Waals surface area contributed by atoms with Crippen molar-refractivity contribution in [2.45, 2.75) is 12.8 Å². The molecule has 3 heteroatoms. The van der Waals surface area contributed by atoms with Gasteiger partial charge in [0, 0.05) is 5.56 Å². The summed E-state index contributed by atoms with van der Waals surface area (Å²) in [6.07, 6.45) is 2.77. The van der Waals surface area contributed by atoms with E-state index in [1.807, 2.05) is 6.07 Å². The number of aromatic nitrogens is 1. The Hall–Kier alpha value is -1.38. The fraction of sp³-hybridized carbons (Fsp3) is 0.333. The van der Waals surface area contributed by atoms with Crippen molar-refractivity contribution in [2.75, 3.05) is 6.61 Å². The maximum Gasteiger partial charge on any atom is 0.217 e. The molecule has 0 fully saturated rings. The first-order valence-corrected chi connectivity index (χ1v) is 3.98. The first-order chi connectivity index (χ1) is 5.90. The van der Waals surface area contributed by atoms with Crippen LogP contribution < -0.4 is 4.74 Å². The van der Waals surface area contributed by atoms with E-state index in [2.05, 4.69) is 4.98 Å². The number of aldehydes is 1. The third kappa shape index (κ3) is 1.18. The number of aryl methyl sites for hydroxylation is 1. The van der Waals surface area contributed by atoms with Gasteiger partial charge in [0.25, 0.3) is 0 Å². The zero-order chi connectivity index (χ0) is 8.39. The Balaban J connectivity index is 2.42. The minimum absolute atomic E-state index is 0.440. The number of rotatable bonds is 1. The SMILES string of the molecule is O=Cc1ccc2c(n1)OCCC2.